The molecule has 0 saturated carbocycles. The molecule has 0 unspecified atom stereocenters. The zero-order valence-corrected chi connectivity index (χ0v) is 18.0. The number of aryl methyl sites for hydroxylation is 2. The quantitative estimate of drug-likeness (QED) is 0.785. The van der Waals surface area contributed by atoms with Crippen LogP contribution in [0.15, 0.2) is 27.6 Å². The average Bonchev–Trinajstić information content (AvgIpc) is 3.29. The van der Waals surface area contributed by atoms with Gasteiger partial charge < -0.3 is 14.0 Å². The fourth-order valence-electron chi connectivity index (χ4n) is 3.98. The molecule has 0 aliphatic carbocycles. The molecule has 2 fully saturated rings. The average molecular weight is 436 g/mol. The third kappa shape index (κ3) is 3.76. The number of hydrogen-bond acceptors (Lipinski definition) is 7. The molecule has 0 atom stereocenters. The van der Waals surface area contributed by atoms with Gasteiger partial charge in [-0.25, -0.2) is 8.42 Å². The van der Waals surface area contributed by atoms with Gasteiger partial charge in [-0.2, -0.15) is 4.31 Å². The number of hydrogen-bond donors (Lipinski definition) is 1. The van der Waals surface area contributed by atoms with Gasteiger partial charge in [-0.3, -0.25) is 10.1 Å². The molecule has 0 bridgehead atoms. The van der Waals surface area contributed by atoms with Crippen LogP contribution in [0.3, 0.4) is 0 Å². The molecule has 2 aliphatic heterocycles. The van der Waals surface area contributed by atoms with Crippen molar-refractivity contribution in [1.29, 1.82) is 0 Å². The number of nitrogens with one attached hydrogen (secondary N) is 1. The summed E-state index contributed by atoms with van der Waals surface area (Å²) in [5, 5.41) is 6.51. The van der Waals surface area contributed by atoms with Crippen LogP contribution in [0.5, 0.6) is 0 Å². The van der Waals surface area contributed by atoms with Crippen LogP contribution in [0.25, 0.3) is 11.1 Å². The molecule has 1 spiro atoms. The summed E-state index contributed by atoms with van der Waals surface area (Å²) in [5.41, 5.74) is 2.37. The number of piperidine rings is 1. The highest BCUT2D eigenvalue weighted by Gasteiger charge is 2.43. The minimum absolute atomic E-state index is 0.197. The maximum atomic E-state index is 13.4. The molecule has 0 radical (unpaired) electrons. The normalized spacial score (nSPS) is 19.3. The van der Waals surface area contributed by atoms with E-state index < -0.39 is 15.8 Å². The fraction of sp³-hybridized carbons (Fsp3) is 0.500. The van der Waals surface area contributed by atoms with Crippen LogP contribution < -0.4 is 5.32 Å². The standard InChI is InChI=1S/C20H25N3O6S/c1-13-4-5-16(18-14(2)22-29-19(18)21-15(3)24)12-17(13)30(25,26)23-8-6-20(7-9-23)27-10-11-28-20/h4-5,12H,6-11H2,1-3H3,(H,21,24). The maximum absolute atomic E-state index is 13.4. The summed E-state index contributed by atoms with van der Waals surface area (Å²) in [5.74, 6) is -0.746. The number of carbonyl (C=O) groups is 1. The van der Waals surface area contributed by atoms with Crippen LogP contribution >= 0.6 is 0 Å². The Morgan fingerprint density at radius 3 is 2.47 bits per heavy atom. The van der Waals surface area contributed by atoms with Crippen LogP contribution in [0, 0.1) is 13.8 Å². The summed E-state index contributed by atoms with van der Waals surface area (Å²) >= 11 is 0. The van der Waals surface area contributed by atoms with Crippen molar-refractivity contribution in [3.63, 3.8) is 0 Å². The number of benzene rings is 1. The predicted molar refractivity (Wildman–Crippen MR) is 108 cm³/mol. The number of sulfonamides is 1. The lowest BCUT2D eigenvalue weighted by atomic mass is 10.0. The Balaban J connectivity index is 1.65. The van der Waals surface area contributed by atoms with Crippen molar-refractivity contribution in [3.8, 4) is 11.1 Å². The van der Waals surface area contributed by atoms with E-state index in [2.05, 4.69) is 10.5 Å². The van der Waals surface area contributed by atoms with Crippen molar-refractivity contribution in [2.45, 2.75) is 44.3 Å². The molecule has 1 amide bonds. The van der Waals surface area contributed by atoms with E-state index in [0.29, 0.717) is 61.5 Å². The highest BCUT2D eigenvalue weighted by Crippen LogP contribution is 2.37. The minimum Gasteiger partial charge on any atom is -0.347 e. The lowest BCUT2D eigenvalue weighted by molar-refractivity contribution is -0.179. The molecule has 10 heteroatoms. The topological polar surface area (TPSA) is 111 Å². The van der Waals surface area contributed by atoms with E-state index in [1.54, 1.807) is 32.0 Å². The second-order valence-corrected chi connectivity index (χ2v) is 9.55. The highest BCUT2D eigenvalue weighted by molar-refractivity contribution is 7.89. The van der Waals surface area contributed by atoms with Crippen molar-refractivity contribution in [3.05, 3.63) is 29.5 Å². The molecule has 2 saturated heterocycles. The van der Waals surface area contributed by atoms with Gasteiger partial charge in [-0.05, 0) is 31.0 Å². The van der Waals surface area contributed by atoms with Crippen molar-refractivity contribution >= 4 is 21.8 Å². The molecule has 1 N–H and O–H groups in total. The number of ether oxygens (including phenoxy) is 2. The minimum atomic E-state index is -3.72. The number of amides is 1. The molecule has 2 aliphatic rings. The van der Waals surface area contributed by atoms with Gasteiger partial charge in [0, 0.05) is 32.9 Å². The van der Waals surface area contributed by atoms with Crippen molar-refractivity contribution in [1.82, 2.24) is 9.46 Å². The maximum Gasteiger partial charge on any atom is 0.243 e. The van der Waals surface area contributed by atoms with Gasteiger partial charge in [-0.1, -0.05) is 17.3 Å². The second-order valence-electron chi connectivity index (χ2n) is 7.65. The Labute approximate surface area is 175 Å². The molecule has 162 valence electrons. The summed E-state index contributed by atoms with van der Waals surface area (Å²) in [6, 6.07) is 5.16. The van der Waals surface area contributed by atoms with Gasteiger partial charge in [0.25, 0.3) is 0 Å². The Morgan fingerprint density at radius 1 is 1.17 bits per heavy atom. The van der Waals surface area contributed by atoms with Crippen LogP contribution in [0.4, 0.5) is 5.88 Å². The second kappa shape index (κ2) is 7.77. The van der Waals surface area contributed by atoms with E-state index in [1.165, 1.54) is 11.2 Å². The first-order valence-corrected chi connectivity index (χ1v) is 11.3. The Morgan fingerprint density at radius 2 is 1.83 bits per heavy atom. The number of nitrogens with zero attached hydrogens (tertiary/aromatic N) is 2. The van der Waals surface area contributed by atoms with E-state index >= 15 is 0 Å². The van der Waals surface area contributed by atoms with Gasteiger partial charge in [0.1, 0.15) is 0 Å². The van der Waals surface area contributed by atoms with E-state index in [4.69, 9.17) is 14.0 Å². The first-order valence-electron chi connectivity index (χ1n) is 9.85. The zero-order chi connectivity index (χ0) is 21.5. The Hall–Kier alpha value is -2.27. The lowest BCUT2D eigenvalue weighted by Crippen LogP contribution is -2.47. The summed E-state index contributed by atoms with van der Waals surface area (Å²) < 4.78 is 44.9. The molecule has 1 aromatic heterocycles. The van der Waals surface area contributed by atoms with Gasteiger partial charge in [0.05, 0.1) is 29.4 Å². The first-order chi connectivity index (χ1) is 14.2. The van der Waals surface area contributed by atoms with E-state index in [0.717, 1.165) is 0 Å². The molecular formula is C20H25N3O6S. The van der Waals surface area contributed by atoms with Crippen LogP contribution in [-0.4, -0.2) is 55.9 Å². The van der Waals surface area contributed by atoms with Crippen LogP contribution in [-0.2, 0) is 24.3 Å². The third-order valence-electron chi connectivity index (χ3n) is 5.54. The van der Waals surface area contributed by atoms with Gasteiger partial charge in [-0.15, -0.1) is 0 Å². The van der Waals surface area contributed by atoms with Gasteiger partial charge in [0.15, 0.2) is 5.79 Å². The smallest absolute Gasteiger partial charge is 0.243 e. The Bertz CT molecular complexity index is 1060. The molecule has 30 heavy (non-hydrogen) atoms. The van der Waals surface area contributed by atoms with E-state index in [1.807, 2.05) is 0 Å². The van der Waals surface area contributed by atoms with Gasteiger partial charge >= 0.3 is 0 Å². The predicted octanol–water partition coefficient (Wildman–Crippen LogP) is 2.44. The van der Waals surface area contributed by atoms with E-state index in [9.17, 15) is 13.2 Å². The van der Waals surface area contributed by atoms with E-state index in [-0.39, 0.29) is 16.7 Å². The largest absolute Gasteiger partial charge is 0.347 e. The number of carbonyl (C=O) groups excluding carboxylic acids is 1. The third-order valence-corrected chi connectivity index (χ3v) is 7.59. The lowest BCUT2D eigenvalue weighted by Gasteiger charge is -2.37. The molecule has 2 aromatic rings. The molecule has 3 heterocycles. The first kappa shape index (κ1) is 21.0. The number of aromatic nitrogens is 1. The monoisotopic (exact) mass is 435 g/mol. The summed E-state index contributed by atoms with van der Waals surface area (Å²) in [6.07, 6.45) is 1.00. The van der Waals surface area contributed by atoms with Crippen molar-refractivity contribution in [2.24, 2.45) is 0 Å². The molecule has 4 rings (SSSR count). The summed E-state index contributed by atoms with van der Waals surface area (Å²) in [6.45, 7) is 6.62. The summed E-state index contributed by atoms with van der Waals surface area (Å²) in [4.78, 5) is 11.7. The van der Waals surface area contributed by atoms with Gasteiger partial charge in [0.2, 0.25) is 21.8 Å². The fourth-order valence-corrected chi connectivity index (χ4v) is 5.67. The molecule has 9 nitrogen and oxygen atoms in total. The van der Waals surface area contributed by atoms with Crippen molar-refractivity contribution < 1.29 is 27.2 Å². The zero-order valence-electron chi connectivity index (χ0n) is 17.2. The molecular weight excluding hydrogens is 410 g/mol. The number of anilines is 1. The van der Waals surface area contributed by atoms with Crippen LogP contribution in [0.2, 0.25) is 0 Å². The Kier molecular flexibility index (Phi) is 5.43. The molecule has 1 aromatic carbocycles. The number of rotatable bonds is 4. The summed E-state index contributed by atoms with van der Waals surface area (Å²) in [7, 11) is -3.72. The van der Waals surface area contributed by atoms with Crippen LogP contribution in [0.1, 0.15) is 31.0 Å². The van der Waals surface area contributed by atoms with Crippen molar-refractivity contribution in [2.75, 3.05) is 31.6 Å². The SMILES string of the molecule is CC(=O)Nc1onc(C)c1-c1ccc(C)c(S(=O)(=O)N2CCC3(CC2)OCCO3)c1. The highest BCUT2D eigenvalue weighted by atomic mass is 32.2.